The summed E-state index contributed by atoms with van der Waals surface area (Å²) in [5.41, 5.74) is 0.713. The Morgan fingerprint density at radius 1 is 0.650 bits per heavy atom. The monoisotopic (exact) mass is 617 g/mol. The summed E-state index contributed by atoms with van der Waals surface area (Å²) in [5, 5.41) is 4.20. The fraction of sp³-hybridized carbons (Fsp3) is 0.286. The molecule has 3 nitrogen and oxygen atoms in total. The molecule has 0 bridgehead atoms. The van der Waals surface area contributed by atoms with E-state index in [1.165, 1.54) is 21.5 Å². The number of hydrogen-bond donors (Lipinski definition) is 0. The van der Waals surface area contributed by atoms with Crippen LogP contribution in [0.3, 0.4) is 0 Å². The summed E-state index contributed by atoms with van der Waals surface area (Å²) in [6.07, 6.45) is 3.56. The van der Waals surface area contributed by atoms with Gasteiger partial charge in [0.15, 0.2) is 0 Å². The first-order valence-electron chi connectivity index (χ1n) is 14.0. The van der Waals surface area contributed by atoms with Crippen LogP contribution in [0.5, 0.6) is 0 Å². The molecule has 4 rings (SSSR count). The molecule has 0 aliphatic rings. The summed E-state index contributed by atoms with van der Waals surface area (Å²) in [7, 11) is -1.87. The fourth-order valence-corrected chi connectivity index (χ4v) is 9.47. The SMILES string of the molecule is CC(C)(C)OC(=O)N(CCCC[P+](c1ccccc1)(c1ccccc1)c1ccccc1)CCc1ccccc1.[Br-]. The Hall–Kier alpha value is -2.94. The molecule has 0 unspecified atom stereocenters. The van der Waals surface area contributed by atoms with Gasteiger partial charge in [-0.15, -0.1) is 0 Å². The minimum absolute atomic E-state index is 0. The Bertz CT molecular complexity index is 1180. The first-order chi connectivity index (χ1) is 18.9. The van der Waals surface area contributed by atoms with E-state index in [-0.39, 0.29) is 23.1 Å². The lowest BCUT2D eigenvalue weighted by Crippen LogP contribution is -3.00. The second kappa shape index (κ2) is 15.2. The van der Waals surface area contributed by atoms with E-state index in [9.17, 15) is 4.79 Å². The number of hydrogen-bond acceptors (Lipinski definition) is 2. The summed E-state index contributed by atoms with van der Waals surface area (Å²) >= 11 is 0. The molecule has 40 heavy (non-hydrogen) atoms. The highest BCUT2D eigenvalue weighted by Crippen LogP contribution is 2.55. The average molecular weight is 619 g/mol. The molecular formula is C35H41BrNO2P. The van der Waals surface area contributed by atoms with Crippen LogP contribution >= 0.6 is 7.26 Å². The van der Waals surface area contributed by atoms with Crippen LogP contribution in [0.1, 0.15) is 39.2 Å². The predicted octanol–water partition coefficient (Wildman–Crippen LogP) is 4.24. The minimum atomic E-state index is -1.87. The average Bonchev–Trinajstić information content (AvgIpc) is 2.96. The molecule has 0 spiro atoms. The van der Waals surface area contributed by atoms with Crippen molar-refractivity contribution in [1.29, 1.82) is 0 Å². The van der Waals surface area contributed by atoms with Gasteiger partial charge < -0.3 is 26.6 Å². The van der Waals surface area contributed by atoms with Crippen molar-refractivity contribution < 1.29 is 26.5 Å². The van der Waals surface area contributed by atoms with Gasteiger partial charge in [-0.2, -0.15) is 0 Å². The van der Waals surface area contributed by atoms with E-state index in [0.29, 0.717) is 13.1 Å². The third-order valence-corrected chi connectivity index (χ3v) is 11.5. The quantitative estimate of drug-likeness (QED) is 0.186. The van der Waals surface area contributed by atoms with Gasteiger partial charge in [-0.1, -0.05) is 84.9 Å². The number of unbranched alkanes of at least 4 members (excludes halogenated alkanes) is 1. The second-order valence-electron chi connectivity index (χ2n) is 11.0. The number of carbonyl (C=O) groups excluding carboxylic acids is 1. The Morgan fingerprint density at radius 2 is 1.07 bits per heavy atom. The van der Waals surface area contributed by atoms with Gasteiger partial charge in [0.25, 0.3) is 0 Å². The highest BCUT2D eigenvalue weighted by Gasteiger charge is 2.44. The zero-order chi connectivity index (χ0) is 27.6. The van der Waals surface area contributed by atoms with Gasteiger partial charge in [0.2, 0.25) is 0 Å². The maximum atomic E-state index is 13.1. The molecule has 0 aliphatic heterocycles. The van der Waals surface area contributed by atoms with Crippen molar-refractivity contribution in [2.75, 3.05) is 19.3 Å². The van der Waals surface area contributed by atoms with Crippen molar-refractivity contribution >= 4 is 29.3 Å². The number of benzene rings is 4. The van der Waals surface area contributed by atoms with Crippen molar-refractivity contribution in [2.45, 2.75) is 45.6 Å². The van der Waals surface area contributed by atoms with Crippen LogP contribution < -0.4 is 32.9 Å². The molecule has 210 valence electrons. The maximum Gasteiger partial charge on any atom is 0.410 e. The summed E-state index contributed by atoms with van der Waals surface area (Å²) in [5.74, 6) is 0. The number of rotatable bonds is 11. The predicted molar refractivity (Wildman–Crippen MR) is 167 cm³/mol. The van der Waals surface area contributed by atoms with Gasteiger partial charge in [0.1, 0.15) is 28.8 Å². The first-order valence-corrected chi connectivity index (χ1v) is 15.9. The van der Waals surface area contributed by atoms with E-state index in [0.717, 1.165) is 25.4 Å². The van der Waals surface area contributed by atoms with Gasteiger partial charge in [0.05, 0.1) is 6.16 Å². The number of nitrogens with zero attached hydrogens (tertiary/aromatic N) is 1. The van der Waals surface area contributed by atoms with Gasteiger partial charge in [-0.25, -0.2) is 4.79 Å². The largest absolute Gasteiger partial charge is 1.00 e. The maximum absolute atomic E-state index is 13.1. The van der Waals surface area contributed by atoms with Gasteiger partial charge in [-0.3, -0.25) is 0 Å². The van der Waals surface area contributed by atoms with Crippen LogP contribution in [0.25, 0.3) is 0 Å². The van der Waals surface area contributed by atoms with Crippen LogP contribution in [0.2, 0.25) is 0 Å². The topological polar surface area (TPSA) is 29.5 Å². The molecule has 0 aromatic heterocycles. The van der Waals surface area contributed by atoms with Crippen LogP contribution in [-0.2, 0) is 11.2 Å². The third kappa shape index (κ3) is 8.53. The van der Waals surface area contributed by atoms with Gasteiger partial charge in [-0.05, 0) is 82.0 Å². The molecule has 4 aromatic carbocycles. The Kier molecular flexibility index (Phi) is 12.0. The normalized spacial score (nSPS) is 11.4. The molecule has 5 heteroatoms. The Labute approximate surface area is 251 Å². The van der Waals surface area contributed by atoms with Crippen molar-refractivity contribution in [3.05, 3.63) is 127 Å². The number of ether oxygens (including phenoxy) is 1. The van der Waals surface area contributed by atoms with Crippen molar-refractivity contribution in [3.8, 4) is 0 Å². The van der Waals surface area contributed by atoms with Crippen LogP contribution in [0.15, 0.2) is 121 Å². The van der Waals surface area contributed by atoms with Crippen LogP contribution in [0.4, 0.5) is 4.79 Å². The molecule has 0 N–H and O–H groups in total. The highest BCUT2D eigenvalue weighted by atomic mass is 79.9. The molecule has 1 amide bonds. The van der Waals surface area contributed by atoms with E-state index in [1.807, 2.05) is 43.9 Å². The molecule has 0 aliphatic carbocycles. The zero-order valence-corrected chi connectivity index (χ0v) is 26.4. The van der Waals surface area contributed by atoms with Gasteiger partial charge >= 0.3 is 6.09 Å². The molecule has 0 heterocycles. The van der Waals surface area contributed by atoms with Gasteiger partial charge in [0, 0.05) is 13.1 Å². The van der Waals surface area contributed by atoms with E-state index in [2.05, 4.69) is 103 Å². The smallest absolute Gasteiger partial charge is 0.410 e. The van der Waals surface area contributed by atoms with E-state index >= 15 is 0 Å². The van der Waals surface area contributed by atoms with E-state index < -0.39 is 12.9 Å². The van der Waals surface area contributed by atoms with Crippen molar-refractivity contribution in [3.63, 3.8) is 0 Å². The summed E-state index contributed by atoms with van der Waals surface area (Å²) in [6.45, 7) is 7.12. The number of halogens is 1. The van der Waals surface area contributed by atoms with Crippen LogP contribution in [-0.4, -0.2) is 35.8 Å². The highest BCUT2D eigenvalue weighted by molar-refractivity contribution is 7.95. The molecular weight excluding hydrogens is 577 g/mol. The zero-order valence-electron chi connectivity index (χ0n) is 23.9. The summed E-state index contributed by atoms with van der Waals surface area (Å²) in [6, 6.07) is 43.3. The summed E-state index contributed by atoms with van der Waals surface area (Å²) < 4.78 is 5.79. The Balaban J connectivity index is 0.00000441. The lowest BCUT2D eigenvalue weighted by Gasteiger charge is -2.29. The molecule has 4 aromatic rings. The van der Waals surface area contributed by atoms with Crippen LogP contribution in [0, 0.1) is 0 Å². The summed E-state index contributed by atoms with van der Waals surface area (Å²) in [4.78, 5) is 15.0. The second-order valence-corrected chi connectivity index (χ2v) is 14.6. The van der Waals surface area contributed by atoms with E-state index in [4.69, 9.17) is 4.74 Å². The van der Waals surface area contributed by atoms with Crippen molar-refractivity contribution in [1.82, 2.24) is 4.90 Å². The minimum Gasteiger partial charge on any atom is -1.00 e. The number of carbonyl (C=O) groups is 1. The third-order valence-electron chi connectivity index (χ3n) is 6.93. The van der Waals surface area contributed by atoms with Crippen molar-refractivity contribution in [2.24, 2.45) is 0 Å². The standard InChI is InChI=1S/C35H41NO2P.BrH/c1-35(2,3)38-34(37)36(28-26-30-18-8-4-9-19-30)27-16-17-29-39(31-20-10-5-11-21-31,32-22-12-6-13-23-32)33-24-14-7-15-25-33;/h4-15,18-25H,16-17,26-29H2,1-3H3;1H/q+1;/p-1. The molecule has 0 radical (unpaired) electrons. The lowest BCUT2D eigenvalue weighted by molar-refractivity contribution is -0.0000502. The fourth-order valence-electron chi connectivity index (χ4n) is 5.06. The Morgan fingerprint density at radius 3 is 1.50 bits per heavy atom. The molecule has 0 saturated carbocycles. The molecule has 0 atom stereocenters. The molecule has 0 fully saturated rings. The number of amides is 1. The first kappa shape index (κ1) is 31.6. The lowest BCUT2D eigenvalue weighted by atomic mass is 10.1. The molecule has 0 saturated heterocycles. The van der Waals surface area contributed by atoms with E-state index in [1.54, 1.807) is 0 Å².